The van der Waals surface area contributed by atoms with Gasteiger partial charge in [-0.2, -0.15) is 0 Å². The molecule has 0 aromatic heterocycles. The average Bonchev–Trinajstić information content (AvgIpc) is 2.43. The van der Waals surface area contributed by atoms with E-state index in [0.717, 1.165) is 6.42 Å². The first kappa shape index (κ1) is 11.9. The Morgan fingerprint density at radius 2 is 2.07 bits per heavy atom. The molecule has 0 aromatic rings. The van der Waals surface area contributed by atoms with Crippen LogP contribution in [0.5, 0.6) is 0 Å². The summed E-state index contributed by atoms with van der Waals surface area (Å²) >= 11 is 0. The van der Waals surface area contributed by atoms with Crippen LogP contribution in [0.2, 0.25) is 0 Å². The molecule has 0 radical (unpaired) electrons. The van der Waals surface area contributed by atoms with E-state index in [4.69, 9.17) is 0 Å². The number of nitrogens with zero attached hydrogens (tertiary/aromatic N) is 1. The van der Waals surface area contributed by atoms with Crippen molar-refractivity contribution < 1.29 is 8.42 Å². The van der Waals surface area contributed by atoms with E-state index in [9.17, 15) is 8.42 Å². The molecule has 1 heterocycles. The van der Waals surface area contributed by atoms with Crippen LogP contribution in [0.4, 0.5) is 0 Å². The third kappa shape index (κ3) is 2.93. The summed E-state index contributed by atoms with van der Waals surface area (Å²) < 4.78 is 25.1. The smallest absolute Gasteiger partial charge is 0.215 e. The van der Waals surface area contributed by atoms with Crippen LogP contribution in [0.1, 0.15) is 20.3 Å². The minimum absolute atomic E-state index is 0.146. The highest BCUT2D eigenvalue weighted by Gasteiger charge is 2.35. The predicted molar refractivity (Wildman–Crippen MR) is 57.7 cm³/mol. The monoisotopic (exact) mass is 220 g/mol. The van der Waals surface area contributed by atoms with Gasteiger partial charge in [-0.3, -0.25) is 0 Å². The fourth-order valence-electron chi connectivity index (χ4n) is 1.66. The standard InChI is InChI=1S/C9H20N2O2S/c1-9(2)4-6-11(8-9)14(12,13)7-5-10-3/h10H,4-8H2,1-3H3. The average molecular weight is 220 g/mol. The number of sulfonamides is 1. The summed E-state index contributed by atoms with van der Waals surface area (Å²) in [5, 5.41) is 2.86. The molecule has 14 heavy (non-hydrogen) atoms. The topological polar surface area (TPSA) is 49.4 Å². The summed E-state index contributed by atoms with van der Waals surface area (Å²) in [4.78, 5) is 0. The number of nitrogens with one attached hydrogen (secondary N) is 1. The van der Waals surface area contributed by atoms with E-state index in [-0.39, 0.29) is 11.2 Å². The molecule has 1 fully saturated rings. The molecule has 5 heteroatoms. The quantitative estimate of drug-likeness (QED) is 0.740. The Labute approximate surface area is 86.7 Å². The summed E-state index contributed by atoms with van der Waals surface area (Å²) in [6.45, 7) is 6.10. The van der Waals surface area contributed by atoms with Crippen molar-refractivity contribution in [2.24, 2.45) is 5.41 Å². The van der Waals surface area contributed by atoms with Gasteiger partial charge < -0.3 is 5.32 Å². The van der Waals surface area contributed by atoms with Gasteiger partial charge >= 0.3 is 0 Å². The molecule has 84 valence electrons. The minimum atomic E-state index is -3.02. The molecule has 0 spiro atoms. The molecular weight excluding hydrogens is 200 g/mol. The van der Waals surface area contributed by atoms with Gasteiger partial charge in [-0.25, -0.2) is 12.7 Å². The summed E-state index contributed by atoms with van der Waals surface area (Å²) in [6.07, 6.45) is 0.964. The van der Waals surface area contributed by atoms with Crippen LogP contribution in [0.25, 0.3) is 0 Å². The van der Waals surface area contributed by atoms with Gasteiger partial charge in [0.15, 0.2) is 0 Å². The maximum atomic E-state index is 11.8. The molecular formula is C9H20N2O2S. The van der Waals surface area contributed by atoms with Crippen LogP contribution in [0.15, 0.2) is 0 Å². The van der Waals surface area contributed by atoms with Crippen LogP contribution in [-0.4, -0.2) is 45.2 Å². The highest BCUT2D eigenvalue weighted by Crippen LogP contribution is 2.30. The van der Waals surface area contributed by atoms with Crippen molar-refractivity contribution in [3.8, 4) is 0 Å². The Morgan fingerprint density at radius 1 is 1.43 bits per heavy atom. The van der Waals surface area contributed by atoms with E-state index >= 15 is 0 Å². The molecule has 1 aliphatic rings. The van der Waals surface area contributed by atoms with Gasteiger partial charge in [0.05, 0.1) is 5.75 Å². The van der Waals surface area contributed by atoms with E-state index in [0.29, 0.717) is 19.6 Å². The highest BCUT2D eigenvalue weighted by atomic mass is 32.2. The molecule has 0 aliphatic carbocycles. The van der Waals surface area contributed by atoms with Crippen LogP contribution >= 0.6 is 0 Å². The van der Waals surface area contributed by atoms with E-state index in [1.807, 2.05) is 0 Å². The molecule has 1 N–H and O–H groups in total. The normalized spacial score (nSPS) is 22.8. The number of hydrogen-bond donors (Lipinski definition) is 1. The van der Waals surface area contributed by atoms with Crippen LogP contribution in [-0.2, 0) is 10.0 Å². The Hall–Kier alpha value is -0.130. The summed E-state index contributed by atoms with van der Waals surface area (Å²) in [7, 11) is -1.26. The maximum absolute atomic E-state index is 11.8. The summed E-state index contributed by atoms with van der Waals surface area (Å²) in [5.41, 5.74) is 0.146. The zero-order chi connectivity index (χ0) is 10.8. The van der Waals surface area contributed by atoms with Crippen molar-refractivity contribution in [3.63, 3.8) is 0 Å². The SMILES string of the molecule is CNCCS(=O)(=O)N1CCC(C)(C)C1. The minimum Gasteiger partial charge on any atom is -0.319 e. The van der Waals surface area contributed by atoms with Crippen molar-refractivity contribution in [3.05, 3.63) is 0 Å². The van der Waals surface area contributed by atoms with E-state index < -0.39 is 10.0 Å². The van der Waals surface area contributed by atoms with Gasteiger partial charge in [-0.1, -0.05) is 13.8 Å². The second kappa shape index (κ2) is 4.16. The summed E-state index contributed by atoms with van der Waals surface area (Å²) in [5.74, 6) is 0.208. The van der Waals surface area contributed by atoms with Gasteiger partial charge in [0, 0.05) is 19.6 Å². The van der Waals surface area contributed by atoms with Gasteiger partial charge in [0.2, 0.25) is 10.0 Å². The third-order valence-corrected chi connectivity index (χ3v) is 4.46. The Morgan fingerprint density at radius 3 is 2.50 bits per heavy atom. The number of rotatable bonds is 4. The Balaban J connectivity index is 2.58. The maximum Gasteiger partial charge on any atom is 0.215 e. The first-order valence-corrected chi connectivity index (χ1v) is 6.61. The van der Waals surface area contributed by atoms with Gasteiger partial charge in [-0.15, -0.1) is 0 Å². The molecule has 0 saturated carbocycles. The molecule has 0 aromatic carbocycles. The van der Waals surface area contributed by atoms with Crippen LogP contribution in [0, 0.1) is 5.41 Å². The molecule has 1 saturated heterocycles. The molecule has 0 bridgehead atoms. The lowest BCUT2D eigenvalue weighted by molar-refractivity contribution is 0.375. The largest absolute Gasteiger partial charge is 0.319 e. The Bertz CT molecular complexity index is 285. The molecule has 1 aliphatic heterocycles. The predicted octanol–water partition coefficient (Wildman–Crippen LogP) is 0.267. The van der Waals surface area contributed by atoms with Crippen molar-refractivity contribution in [1.82, 2.24) is 9.62 Å². The lowest BCUT2D eigenvalue weighted by atomic mass is 9.93. The first-order valence-electron chi connectivity index (χ1n) is 5.00. The van der Waals surface area contributed by atoms with Gasteiger partial charge in [0.25, 0.3) is 0 Å². The Kier molecular flexibility index (Phi) is 3.55. The van der Waals surface area contributed by atoms with Crippen molar-refractivity contribution in [1.29, 1.82) is 0 Å². The van der Waals surface area contributed by atoms with Crippen molar-refractivity contribution in [2.75, 3.05) is 32.4 Å². The summed E-state index contributed by atoms with van der Waals surface area (Å²) in [6, 6.07) is 0. The van der Waals surface area contributed by atoms with Gasteiger partial charge in [-0.05, 0) is 18.9 Å². The van der Waals surface area contributed by atoms with Crippen LogP contribution < -0.4 is 5.32 Å². The zero-order valence-corrected chi connectivity index (χ0v) is 10.0. The van der Waals surface area contributed by atoms with Crippen LogP contribution in [0.3, 0.4) is 0 Å². The van der Waals surface area contributed by atoms with E-state index in [1.165, 1.54) is 0 Å². The molecule has 0 unspecified atom stereocenters. The second-order valence-electron chi connectivity index (χ2n) is 4.67. The highest BCUT2D eigenvalue weighted by molar-refractivity contribution is 7.89. The number of hydrogen-bond acceptors (Lipinski definition) is 3. The van der Waals surface area contributed by atoms with Gasteiger partial charge in [0.1, 0.15) is 0 Å². The zero-order valence-electron chi connectivity index (χ0n) is 9.21. The molecule has 1 rings (SSSR count). The fraction of sp³-hybridized carbons (Fsp3) is 1.00. The van der Waals surface area contributed by atoms with Crippen molar-refractivity contribution in [2.45, 2.75) is 20.3 Å². The molecule has 0 atom stereocenters. The first-order chi connectivity index (χ1) is 6.37. The lowest BCUT2D eigenvalue weighted by Crippen LogP contribution is -2.35. The van der Waals surface area contributed by atoms with E-state index in [1.54, 1.807) is 11.4 Å². The fourth-order valence-corrected chi connectivity index (χ4v) is 3.30. The third-order valence-electron chi connectivity index (χ3n) is 2.65. The lowest BCUT2D eigenvalue weighted by Gasteiger charge is -2.19. The second-order valence-corrected chi connectivity index (χ2v) is 6.76. The van der Waals surface area contributed by atoms with E-state index in [2.05, 4.69) is 19.2 Å². The van der Waals surface area contributed by atoms with Crippen molar-refractivity contribution >= 4 is 10.0 Å². The molecule has 0 amide bonds. The molecule has 4 nitrogen and oxygen atoms in total.